The lowest BCUT2D eigenvalue weighted by molar-refractivity contribution is 0.422. The van der Waals surface area contributed by atoms with Gasteiger partial charge in [-0.3, -0.25) is 0 Å². The summed E-state index contributed by atoms with van der Waals surface area (Å²) in [6.07, 6.45) is 1.34. The third-order valence-electron chi connectivity index (χ3n) is 1.81. The Kier molecular flexibility index (Phi) is 2.33. The van der Waals surface area contributed by atoms with Crippen LogP contribution in [-0.4, -0.2) is 5.16 Å². The summed E-state index contributed by atoms with van der Waals surface area (Å²) in [5.41, 5.74) is 1.91. The fourth-order valence-corrected chi connectivity index (χ4v) is 1.40. The summed E-state index contributed by atoms with van der Waals surface area (Å²) in [5.74, 6) is 0. The van der Waals surface area contributed by atoms with Crippen molar-refractivity contribution in [2.75, 3.05) is 0 Å². The summed E-state index contributed by atoms with van der Waals surface area (Å²) < 4.78 is 5.73. The van der Waals surface area contributed by atoms with Gasteiger partial charge >= 0.3 is 0 Å². The highest BCUT2D eigenvalue weighted by Crippen LogP contribution is 2.23. The van der Waals surface area contributed by atoms with Crippen molar-refractivity contribution >= 4 is 15.9 Å². The Morgan fingerprint density at radius 2 is 2.00 bits per heavy atom. The second-order valence-electron chi connectivity index (χ2n) is 2.70. The number of nitrogens with zero attached hydrogens (tertiary/aromatic N) is 2. The third kappa shape index (κ3) is 1.54. The number of hydrogen-bond acceptors (Lipinski definition) is 3. The molecule has 0 atom stereocenters. The highest BCUT2D eigenvalue weighted by atomic mass is 79.9. The van der Waals surface area contributed by atoms with Crippen molar-refractivity contribution in [3.63, 3.8) is 0 Å². The molecule has 0 radical (unpaired) electrons. The number of hydrogen-bond donors (Lipinski definition) is 0. The lowest BCUT2D eigenvalue weighted by Gasteiger charge is -1.95. The van der Waals surface area contributed by atoms with E-state index in [1.165, 1.54) is 6.26 Å². The monoisotopic (exact) mass is 248 g/mol. The van der Waals surface area contributed by atoms with Crippen LogP contribution in [0.3, 0.4) is 0 Å². The minimum atomic E-state index is 0.451. The van der Waals surface area contributed by atoms with Crippen LogP contribution in [0.4, 0.5) is 0 Å². The molecule has 3 nitrogen and oxygen atoms in total. The van der Waals surface area contributed by atoms with E-state index in [0.717, 1.165) is 10.0 Å². The van der Waals surface area contributed by atoms with Gasteiger partial charge < -0.3 is 4.52 Å². The summed E-state index contributed by atoms with van der Waals surface area (Å²) in [6, 6.07) is 9.56. The molecule has 68 valence electrons. The Balaban J connectivity index is 2.50. The molecule has 1 heterocycles. The standard InChI is InChI=1S/C10H5BrN2O/c11-9-3-1-7(2-4-9)10-8(5-12)6-14-13-10/h1-4,6H. The predicted molar refractivity (Wildman–Crippen MR) is 54.4 cm³/mol. The molecule has 0 saturated carbocycles. The van der Waals surface area contributed by atoms with E-state index in [4.69, 9.17) is 9.78 Å². The van der Waals surface area contributed by atoms with Gasteiger partial charge in [-0.1, -0.05) is 33.2 Å². The summed E-state index contributed by atoms with van der Waals surface area (Å²) >= 11 is 3.34. The van der Waals surface area contributed by atoms with Crippen LogP contribution in [0.25, 0.3) is 11.3 Å². The summed E-state index contributed by atoms with van der Waals surface area (Å²) in [7, 11) is 0. The zero-order valence-corrected chi connectivity index (χ0v) is 8.65. The van der Waals surface area contributed by atoms with Crippen molar-refractivity contribution in [2.45, 2.75) is 0 Å². The van der Waals surface area contributed by atoms with E-state index >= 15 is 0 Å². The van der Waals surface area contributed by atoms with Gasteiger partial charge in [-0.15, -0.1) is 0 Å². The lowest BCUT2D eigenvalue weighted by atomic mass is 10.1. The first kappa shape index (κ1) is 8.97. The molecule has 0 aliphatic rings. The van der Waals surface area contributed by atoms with Gasteiger partial charge in [0.2, 0.25) is 0 Å². The number of rotatable bonds is 1. The van der Waals surface area contributed by atoms with E-state index in [-0.39, 0.29) is 0 Å². The Labute approximate surface area is 89.1 Å². The van der Waals surface area contributed by atoms with E-state index in [1.54, 1.807) is 0 Å². The molecule has 0 bridgehead atoms. The molecule has 0 saturated heterocycles. The van der Waals surface area contributed by atoms with Crippen molar-refractivity contribution < 1.29 is 4.52 Å². The zero-order valence-electron chi connectivity index (χ0n) is 7.07. The van der Waals surface area contributed by atoms with Gasteiger partial charge in [0.1, 0.15) is 23.6 Å². The van der Waals surface area contributed by atoms with Crippen LogP contribution in [0.5, 0.6) is 0 Å². The smallest absolute Gasteiger partial charge is 0.142 e. The van der Waals surface area contributed by atoms with Crippen LogP contribution in [0.1, 0.15) is 5.56 Å². The maximum absolute atomic E-state index is 8.76. The molecule has 0 aliphatic heterocycles. The van der Waals surface area contributed by atoms with Gasteiger partial charge in [-0.05, 0) is 12.1 Å². The number of aromatic nitrogens is 1. The van der Waals surface area contributed by atoms with Gasteiger partial charge in [-0.25, -0.2) is 0 Å². The van der Waals surface area contributed by atoms with Crippen molar-refractivity contribution in [2.24, 2.45) is 0 Å². The highest BCUT2D eigenvalue weighted by Gasteiger charge is 2.08. The molecule has 1 aromatic heterocycles. The van der Waals surface area contributed by atoms with Gasteiger partial charge in [0, 0.05) is 10.0 Å². The number of halogens is 1. The molecule has 0 spiro atoms. The normalized spacial score (nSPS) is 9.71. The zero-order chi connectivity index (χ0) is 9.97. The second kappa shape index (κ2) is 3.64. The van der Waals surface area contributed by atoms with Gasteiger partial charge in [0.25, 0.3) is 0 Å². The first-order valence-corrected chi connectivity index (χ1v) is 4.71. The van der Waals surface area contributed by atoms with Crippen LogP contribution in [0.2, 0.25) is 0 Å². The van der Waals surface area contributed by atoms with E-state index in [2.05, 4.69) is 21.1 Å². The summed E-state index contributed by atoms with van der Waals surface area (Å²) in [4.78, 5) is 0. The molecule has 0 unspecified atom stereocenters. The fourth-order valence-electron chi connectivity index (χ4n) is 1.13. The fraction of sp³-hybridized carbons (Fsp3) is 0. The number of nitriles is 1. The van der Waals surface area contributed by atoms with E-state index in [9.17, 15) is 0 Å². The Bertz CT molecular complexity index is 482. The Morgan fingerprint density at radius 3 is 2.64 bits per heavy atom. The molecule has 4 heteroatoms. The second-order valence-corrected chi connectivity index (χ2v) is 3.61. The SMILES string of the molecule is N#Cc1conc1-c1ccc(Br)cc1. The molecular formula is C10H5BrN2O. The molecule has 0 aliphatic carbocycles. The summed E-state index contributed by atoms with van der Waals surface area (Å²) in [6.45, 7) is 0. The Morgan fingerprint density at radius 1 is 1.29 bits per heavy atom. The van der Waals surface area contributed by atoms with Crippen molar-refractivity contribution in [1.82, 2.24) is 5.16 Å². The van der Waals surface area contributed by atoms with Crippen molar-refractivity contribution in [1.29, 1.82) is 5.26 Å². The molecule has 0 fully saturated rings. The van der Waals surface area contributed by atoms with Crippen LogP contribution in [-0.2, 0) is 0 Å². The van der Waals surface area contributed by atoms with E-state index in [1.807, 2.05) is 30.3 Å². The first-order chi connectivity index (χ1) is 6.81. The molecule has 2 aromatic rings. The highest BCUT2D eigenvalue weighted by molar-refractivity contribution is 9.10. The van der Waals surface area contributed by atoms with Crippen LogP contribution in [0.15, 0.2) is 39.5 Å². The van der Waals surface area contributed by atoms with Gasteiger partial charge in [0.15, 0.2) is 0 Å². The van der Waals surface area contributed by atoms with Gasteiger partial charge in [-0.2, -0.15) is 5.26 Å². The topological polar surface area (TPSA) is 49.8 Å². The van der Waals surface area contributed by atoms with Gasteiger partial charge in [0.05, 0.1) is 0 Å². The predicted octanol–water partition coefficient (Wildman–Crippen LogP) is 2.98. The first-order valence-electron chi connectivity index (χ1n) is 3.91. The van der Waals surface area contributed by atoms with Crippen molar-refractivity contribution in [3.8, 4) is 17.3 Å². The maximum Gasteiger partial charge on any atom is 0.142 e. The lowest BCUT2D eigenvalue weighted by Crippen LogP contribution is -1.80. The molecule has 2 rings (SSSR count). The molecule has 0 N–H and O–H groups in total. The minimum absolute atomic E-state index is 0.451. The quantitative estimate of drug-likeness (QED) is 0.780. The molecule has 14 heavy (non-hydrogen) atoms. The largest absolute Gasteiger partial charge is 0.363 e. The van der Waals surface area contributed by atoms with E-state index < -0.39 is 0 Å². The maximum atomic E-state index is 8.76. The minimum Gasteiger partial charge on any atom is -0.363 e. The van der Waals surface area contributed by atoms with Crippen LogP contribution in [0, 0.1) is 11.3 Å². The third-order valence-corrected chi connectivity index (χ3v) is 2.34. The molecular weight excluding hydrogens is 244 g/mol. The van der Waals surface area contributed by atoms with Crippen LogP contribution < -0.4 is 0 Å². The number of benzene rings is 1. The Hall–Kier alpha value is -1.60. The van der Waals surface area contributed by atoms with Crippen molar-refractivity contribution in [3.05, 3.63) is 40.6 Å². The average molecular weight is 249 g/mol. The van der Waals surface area contributed by atoms with Crippen LogP contribution >= 0.6 is 15.9 Å². The molecule has 0 amide bonds. The van der Waals surface area contributed by atoms with E-state index in [0.29, 0.717) is 11.3 Å². The average Bonchev–Trinajstić information content (AvgIpc) is 2.67. The summed E-state index contributed by atoms with van der Waals surface area (Å²) in [5, 5.41) is 12.5. The molecule has 1 aromatic carbocycles.